The lowest BCUT2D eigenvalue weighted by Gasteiger charge is -2.06. The SMILES string of the molecule is COC(=O)CC#Cc1ccc(Cl)cc1OCC(=O)O. The number of carboxylic acid groups (broad SMARTS) is 1. The second kappa shape index (κ2) is 7.29. The van der Waals surface area contributed by atoms with Crippen LogP contribution in [0.4, 0.5) is 0 Å². The molecule has 0 heterocycles. The molecule has 0 unspecified atom stereocenters. The number of aliphatic carboxylic acids is 1. The predicted molar refractivity (Wildman–Crippen MR) is 68.1 cm³/mol. The maximum absolute atomic E-state index is 10.9. The van der Waals surface area contributed by atoms with Gasteiger partial charge in [0.05, 0.1) is 12.7 Å². The molecule has 0 fully saturated rings. The Morgan fingerprint density at radius 2 is 2.16 bits per heavy atom. The molecule has 1 rings (SSSR count). The van der Waals surface area contributed by atoms with E-state index in [2.05, 4.69) is 16.6 Å². The highest BCUT2D eigenvalue weighted by Gasteiger charge is 2.05. The van der Waals surface area contributed by atoms with E-state index in [-0.39, 0.29) is 12.2 Å². The Morgan fingerprint density at radius 3 is 2.79 bits per heavy atom. The van der Waals surface area contributed by atoms with Crippen molar-refractivity contribution in [2.24, 2.45) is 0 Å². The van der Waals surface area contributed by atoms with Gasteiger partial charge in [-0.15, -0.1) is 0 Å². The van der Waals surface area contributed by atoms with E-state index in [1.807, 2.05) is 0 Å². The molecular formula is C13H11ClO5. The van der Waals surface area contributed by atoms with E-state index < -0.39 is 18.5 Å². The van der Waals surface area contributed by atoms with Crippen LogP contribution in [-0.2, 0) is 14.3 Å². The van der Waals surface area contributed by atoms with Crippen molar-refractivity contribution in [2.45, 2.75) is 6.42 Å². The molecule has 6 heteroatoms. The minimum atomic E-state index is -1.10. The molecular weight excluding hydrogens is 272 g/mol. The fourth-order valence-electron chi connectivity index (χ4n) is 1.14. The van der Waals surface area contributed by atoms with E-state index in [9.17, 15) is 9.59 Å². The number of ether oxygens (including phenoxy) is 2. The molecule has 0 saturated heterocycles. The number of carbonyl (C=O) groups excluding carboxylic acids is 1. The molecule has 100 valence electrons. The maximum atomic E-state index is 10.9. The maximum Gasteiger partial charge on any atom is 0.341 e. The van der Waals surface area contributed by atoms with E-state index in [0.717, 1.165) is 0 Å². The molecule has 1 N–H and O–H groups in total. The second-order valence-corrected chi connectivity index (χ2v) is 3.81. The molecule has 1 aromatic carbocycles. The van der Waals surface area contributed by atoms with Crippen LogP contribution in [0.3, 0.4) is 0 Å². The van der Waals surface area contributed by atoms with Gasteiger partial charge in [0, 0.05) is 11.1 Å². The van der Waals surface area contributed by atoms with Gasteiger partial charge in [0.25, 0.3) is 0 Å². The Bertz CT molecular complexity index is 542. The summed E-state index contributed by atoms with van der Waals surface area (Å²) in [5.74, 6) is 4.01. The van der Waals surface area contributed by atoms with E-state index >= 15 is 0 Å². The molecule has 0 aliphatic heterocycles. The Kier molecular flexibility index (Phi) is 5.71. The molecule has 0 amide bonds. The number of hydrogen-bond donors (Lipinski definition) is 1. The molecule has 19 heavy (non-hydrogen) atoms. The first kappa shape index (κ1) is 14.9. The topological polar surface area (TPSA) is 72.8 Å². The predicted octanol–water partition coefficient (Wildman–Crippen LogP) is 1.72. The minimum Gasteiger partial charge on any atom is -0.481 e. The average molecular weight is 283 g/mol. The molecule has 0 aliphatic rings. The molecule has 0 saturated carbocycles. The zero-order valence-corrected chi connectivity index (χ0v) is 10.9. The summed E-state index contributed by atoms with van der Waals surface area (Å²) in [6.07, 6.45) is -0.0580. The second-order valence-electron chi connectivity index (χ2n) is 3.38. The number of carboxylic acids is 1. The van der Waals surface area contributed by atoms with Crippen LogP contribution in [0.1, 0.15) is 12.0 Å². The van der Waals surface area contributed by atoms with Crippen molar-refractivity contribution >= 4 is 23.5 Å². The highest BCUT2D eigenvalue weighted by Crippen LogP contribution is 2.22. The van der Waals surface area contributed by atoms with Gasteiger partial charge in [-0.3, -0.25) is 4.79 Å². The van der Waals surface area contributed by atoms with Crippen LogP contribution in [0.15, 0.2) is 18.2 Å². The fraction of sp³-hybridized carbons (Fsp3) is 0.231. The number of hydrogen-bond acceptors (Lipinski definition) is 4. The molecule has 0 atom stereocenters. The van der Waals surface area contributed by atoms with Crippen LogP contribution in [0.25, 0.3) is 0 Å². The average Bonchev–Trinajstić information content (AvgIpc) is 2.38. The van der Waals surface area contributed by atoms with E-state index in [0.29, 0.717) is 10.6 Å². The summed E-state index contributed by atoms with van der Waals surface area (Å²) in [5, 5.41) is 8.96. The van der Waals surface area contributed by atoms with Crippen LogP contribution < -0.4 is 4.74 Å². The third-order valence-corrected chi connectivity index (χ3v) is 2.21. The van der Waals surface area contributed by atoms with Gasteiger partial charge in [-0.05, 0) is 12.1 Å². The first-order valence-corrected chi connectivity index (χ1v) is 5.60. The smallest absolute Gasteiger partial charge is 0.341 e. The number of esters is 1. The van der Waals surface area contributed by atoms with Crippen LogP contribution in [0.5, 0.6) is 5.75 Å². The molecule has 0 spiro atoms. The molecule has 5 nitrogen and oxygen atoms in total. The van der Waals surface area contributed by atoms with Crippen molar-refractivity contribution in [3.05, 3.63) is 28.8 Å². The third kappa shape index (κ3) is 5.32. The Hall–Kier alpha value is -2.19. The van der Waals surface area contributed by atoms with E-state index in [1.165, 1.54) is 13.2 Å². The summed E-state index contributed by atoms with van der Waals surface area (Å²) < 4.78 is 9.51. The molecule has 0 aromatic heterocycles. The summed E-state index contributed by atoms with van der Waals surface area (Å²) in [6, 6.07) is 4.65. The summed E-state index contributed by atoms with van der Waals surface area (Å²) in [6.45, 7) is -0.494. The van der Waals surface area contributed by atoms with Gasteiger partial charge < -0.3 is 14.6 Å². The number of benzene rings is 1. The molecule has 1 aromatic rings. The zero-order valence-electron chi connectivity index (χ0n) is 10.1. The van der Waals surface area contributed by atoms with Crippen LogP contribution in [0, 0.1) is 11.8 Å². The number of halogens is 1. The van der Waals surface area contributed by atoms with Crippen LogP contribution >= 0.6 is 11.6 Å². The highest BCUT2D eigenvalue weighted by molar-refractivity contribution is 6.30. The van der Waals surface area contributed by atoms with Crippen molar-refractivity contribution in [1.29, 1.82) is 0 Å². The monoisotopic (exact) mass is 282 g/mol. The summed E-state index contributed by atoms with van der Waals surface area (Å²) in [5.41, 5.74) is 0.453. The fourth-order valence-corrected chi connectivity index (χ4v) is 1.30. The quantitative estimate of drug-likeness (QED) is 0.672. The van der Waals surface area contributed by atoms with E-state index in [1.54, 1.807) is 12.1 Å². The summed E-state index contributed by atoms with van der Waals surface area (Å²) in [4.78, 5) is 21.4. The number of methoxy groups -OCH3 is 1. The lowest BCUT2D eigenvalue weighted by molar-refractivity contribution is -0.140. The van der Waals surface area contributed by atoms with Crippen molar-refractivity contribution in [1.82, 2.24) is 0 Å². The first-order valence-electron chi connectivity index (χ1n) is 5.22. The zero-order chi connectivity index (χ0) is 14.3. The van der Waals surface area contributed by atoms with Crippen molar-refractivity contribution in [2.75, 3.05) is 13.7 Å². The summed E-state index contributed by atoms with van der Waals surface area (Å²) in [7, 11) is 1.27. The van der Waals surface area contributed by atoms with E-state index in [4.69, 9.17) is 21.4 Å². The van der Waals surface area contributed by atoms with Gasteiger partial charge in [0.1, 0.15) is 12.2 Å². The van der Waals surface area contributed by atoms with Crippen molar-refractivity contribution in [3.8, 4) is 17.6 Å². The van der Waals surface area contributed by atoms with Gasteiger partial charge in [0.15, 0.2) is 6.61 Å². The van der Waals surface area contributed by atoms with Gasteiger partial charge in [0.2, 0.25) is 0 Å². The Labute approximate surface area is 115 Å². The van der Waals surface area contributed by atoms with Crippen molar-refractivity contribution < 1.29 is 24.2 Å². The largest absolute Gasteiger partial charge is 0.481 e. The third-order valence-electron chi connectivity index (χ3n) is 1.98. The van der Waals surface area contributed by atoms with Crippen LogP contribution in [-0.4, -0.2) is 30.8 Å². The van der Waals surface area contributed by atoms with Crippen LogP contribution in [0.2, 0.25) is 5.02 Å². The normalized spacial score (nSPS) is 9.16. The minimum absolute atomic E-state index is 0.0580. The Morgan fingerprint density at radius 1 is 1.42 bits per heavy atom. The Balaban J connectivity index is 2.86. The number of carbonyl (C=O) groups is 2. The van der Waals surface area contributed by atoms with Gasteiger partial charge >= 0.3 is 11.9 Å². The molecule has 0 aliphatic carbocycles. The highest BCUT2D eigenvalue weighted by atomic mass is 35.5. The lowest BCUT2D eigenvalue weighted by atomic mass is 10.2. The van der Waals surface area contributed by atoms with Crippen molar-refractivity contribution in [3.63, 3.8) is 0 Å². The molecule has 0 radical (unpaired) electrons. The first-order chi connectivity index (χ1) is 9.02. The van der Waals surface area contributed by atoms with Gasteiger partial charge in [-0.25, -0.2) is 4.79 Å². The summed E-state index contributed by atoms with van der Waals surface area (Å²) >= 11 is 5.79. The molecule has 0 bridgehead atoms. The standard InChI is InChI=1S/C13H11ClO5/c1-18-13(17)4-2-3-9-5-6-10(14)7-11(9)19-8-12(15)16/h5-7H,4,8H2,1H3,(H,15,16). The number of rotatable bonds is 4. The lowest BCUT2D eigenvalue weighted by Crippen LogP contribution is -2.10. The van der Waals surface area contributed by atoms with Gasteiger partial charge in [-0.2, -0.15) is 0 Å². The van der Waals surface area contributed by atoms with Gasteiger partial charge in [-0.1, -0.05) is 23.4 Å².